The predicted octanol–water partition coefficient (Wildman–Crippen LogP) is 5.59. The van der Waals surface area contributed by atoms with Gasteiger partial charge in [-0.25, -0.2) is 0 Å². The number of nitrogen functional groups attached to an aromatic ring is 1. The fourth-order valence-electron chi connectivity index (χ4n) is 4.38. The second-order valence-electron chi connectivity index (χ2n) is 7.86. The van der Waals surface area contributed by atoms with E-state index in [1.54, 1.807) is 6.20 Å². The summed E-state index contributed by atoms with van der Waals surface area (Å²) in [6, 6.07) is 21.7. The third kappa shape index (κ3) is 3.80. The lowest BCUT2D eigenvalue weighted by Crippen LogP contribution is -2.43. The van der Waals surface area contributed by atoms with Crippen LogP contribution in [-0.4, -0.2) is 18.1 Å². The smallest absolute Gasteiger partial charge is 0.0834 e. The van der Waals surface area contributed by atoms with Gasteiger partial charge in [0, 0.05) is 25.2 Å². The van der Waals surface area contributed by atoms with Crippen LogP contribution < -0.4 is 15.8 Å². The highest BCUT2D eigenvalue weighted by Crippen LogP contribution is 2.45. The van der Waals surface area contributed by atoms with Gasteiger partial charge in [0.15, 0.2) is 0 Å². The van der Waals surface area contributed by atoms with Crippen molar-refractivity contribution in [1.82, 2.24) is 4.98 Å². The molecule has 0 saturated heterocycles. The van der Waals surface area contributed by atoms with Gasteiger partial charge in [-0.1, -0.05) is 68.8 Å². The van der Waals surface area contributed by atoms with Crippen LogP contribution in [-0.2, 0) is 0 Å². The van der Waals surface area contributed by atoms with E-state index in [0.717, 1.165) is 37.3 Å². The largest absolute Gasteiger partial charge is 0.396 e. The molecule has 0 saturated carbocycles. The van der Waals surface area contributed by atoms with Crippen LogP contribution in [0.2, 0.25) is 0 Å². The van der Waals surface area contributed by atoms with Crippen molar-refractivity contribution >= 4 is 17.1 Å². The first kappa shape index (κ1) is 19.3. The van der Waals surface area contributed by atoms with Gasteiger partial charge in [0.25, 0.3) is 0 Å². The summed E-state index contributed by atoms with van der Waals surface area (Å²) in [6.07, 6.45) is 5.83. The number of unbranched alkanes of at least 4 members (excludes halogenated alkanes) is 1. The minimum atomic E-state index is 0.431. The summed E-state index contributed by atoms with van der Waals surface area (Å²) in [5, 5.41) is 4.79. The normalized spacial score (nSPS) is 16.5. The van der Waals surface area contributed by atoms with Crippen LogP contribution in [0.25, 0.3) is 0 Å². The Hall–Kier alpha value is -3.01. The molecule has 2 atom stereocenters. The fraction of sp³-hybridized carbons (Fsp3) is 0.320. The van der Waals surface area contributed by atoms with Crippen molar-refractivity contribution in [1.29, 1.82) is 0 Å². The van der Waals surface area contributed by atoms with E-state index in [1.807, 2.05) is 12.3 Å². The number of pyridine rings is 1. The summed E-state index contributed by atoms with van der Waals surface area (Å²) in [5.74, 6) is 0.867. The number of hydrogen-bond acceptors (Lipinski definition) is 4. The second-order valence-corrected chi connectivity index (χ2v) is 7.86. The molecule has 0 aliphatic carbocycles. The number of para-hydroxylation sites is 1. The molecule has 0 radical (unpaired) electrons. The summed E-state index contributed by atoms with van der Waals surface area (Å²) < 4.78 is 0. The Morgan fingerprint density at radius 3 is 2.62 bits per heavy atom. The van der Waals surface area contributed by atoms with Crippen molar-refractivity contribution in [2.24, 2.45) is 0 Å². The van der Waals surface area contributed by atoms with Gasteiger partial charge in [0.05, 0.1) is 23.3 Å². The maximum absolute atomic E-state index is 6.34. The molecule has 4 rings (SSSR count). The first-order valence-corrected chi connectivity index (χ1v) is 10.6. The number of benzene rings is 2. The van der Waals surface area contributed by atoms with E-state index in [9.17, 15) is 0 Å². The van der Waals surface area contributed by atoms with Gasteiger partial charge in [0.2, 0.25) is 0 Å². The molecular weight excluding hydrogens is 356 g/mol. The molecule has 2 aromatic carbocycles. The molecule has 2 N–H and O–H groups in total. The molecule has 29 heavy (non-hydrogen) atoms. The zero-order chi connectivity index (χ0) is 20.2. The zero-order valence-electron chi connectivity index (χ0n) is 17.3. The molecule has 0 spiro atoms. The summed E-state index contributed by atoms with van der Waals surface area (Å²) in [4.78, 5) is 4.19. The number of nitrogens with zero attached hydrogens (tertiary/aromatic N) is 3. The van der Waals surface area contributed by atoms with Crippen molar-refractivity contribution in [3.63, 3.8) is 0 Å². The van der Waals surface area contributed by atoms with Gasteiger partial charge in [0.1, 0.15) is 0 Å². The Kier molecular flexibility index (Phi) is 5.70. The van der Waals surface area contributed by atoms with Gasteiger partial charge >= 0.3 is 0 Å². The van der Waals surface area contributed by atoms with Crippen molar-refractivity contribution in [3.8, 4) is 0 Å². The molecule has 1 aliphatic rings. The molecule has 2 heterocycles. The van der Waals surface area contributed by atoms with Crippen LogP contribution >= 0.6 is 0 Å². The SMILES string of the molecule is CCCCN(c1ccncc1N)N1CC(C(C)c2ccccc2)c2ccccc21. The maximum atomic E-state index is 6.34. The average molecular weight is 387 g/mol. The number of hydrogen-bond donors (Lipinski definition) is 1. The van der Waals surface area contributed by atoms with E-state index in [1.165, 1.54) is 16.8 Å². The Morgan fingerprint density at radius 2 is 1.86 bits per heavy atom. The van der Waals surface area contributed by atoms with E-state index >= 15 is 0 Å². The van der Waals surface area contributed by atoms with Crippen LogP contribution in [0, 0.1) is 0 Å². The lowest BCUT2D eigenvalue weighted by molar-refractivity contribution is 0.575. The van der Waals surface area contributed by atoms with E-state index in [0.29, 0.717) is 11.8 Å². The number of anilines is 3. The Bertz CT molecular complexity index is 940. The summed E-state index contributed by atoms with van der Waals surface area (Å²) in [6.45, 7) is 6.45. The van der Waals surface area contributed by atoms with E-state index < -0.39 is 0 Å². The fourth-order valence-corrected chi connectivity index (χ4v) is 4.38. The van der Waals surface area contributed by atoms with Crippen LogP contribution in [0.5, 0.6) is 0 Å². The predicted molar refractivity (Wildman–Crippen MR) is 122 cm³/mol. The van der Waals surface area contributed by atoms with Crippen LogP contribution in [0.4, 0.5) is 17.1 Å². The summed E-state index contributed by atoms with van der Waals surface area (Å²) >= 11 is 0. The number of aromatic nitrogens is 1. The highest BCUT2D eigenvalue weighted by molar-refractivity contribution is 5.72. The minimum absolute atomic E-state index is 0.431. The van der Waals surface area contributed by atoms with Crippen LogP contribution in [0.15, 0.2) is 73.1 Å². The Morgan fingerprint density at radius 1 is 1.10 bits per heavy atom. The lowest BCUT2D eigenvalue weighted by Gasteiger charge is -2.37. The first-order chi connectivity index (χ1) is 14.2. The molecule has 4 nitrogen and oxygen atoms in total. The molecule has 150 valence electrons. The van der Waals surface area contributed by atoms with Crippen molar-refractivity contribution in [2.45, 2.75) is 38.5 Å². The average Bonchev–Trinajstić information content (AvgIpc) is 3.15. The highest BCUT2D eigenvalue weighted by atomic mass is 15.6. The van der Waals surface area contributed by atoms with Gasteiger partial charge in [-0.3, -0.25) is 15.0 Å². The third-order valence-electron chi connectivity index (χ3n) is 6.03. The van der Waals surface area contributed by atoms with E-state index in [-0.39, 0.29) is 0 Å². The molecule has 0 bridgehead atoms. The minimum Gasteiger partial charge on any atom is -0.396 e. The quantitative estimate of drug-likeness (QED) is 0.575. The number of fused-ring (bicyclic) bond motifs is 1. The molecule has 0 amide bonds. The van der Waals surface area contributed by atoms with Gasteiger partial charge in [-0.2, -0.15) is 0 Å². The van der Waals surface area contributed by atoms with Gasteiger partial charge in [-0.15, -0.1) is 0 Å². The van der Waals surface area contributed by atoms with Crippen molar-refractivity contribution in [3.05, 3.63) is 84.2 Å². The highest BCUT2D eigenvalue weighted by Gasteiger charge is 2.35. The Balaban J connectivity index is 1.72. The number of rotatable bonds is 7. The van der Waals surface area contributed by atoms with Crippen molar-refractivity contribution in [2.75, 3.05) is 28.8 Å². The molecule has 1 aliphatic heterocycles. The molecular formula is C25H30N4. The molecule has 1 aromatic heterocycles. The number of nitrogens with two attached hydrogens (primary N) is 1. The van der Waals surface area contributed by atoms with Gasteiger partial charge in [-0.05, 0) is 35.6 Å². The molecule has 0 fully saturated rings. The monoisotopic (exact) mass is 386 g/mol. The Labute approximate surface area is 174 Å². The summed E-state index contributed by atoms with van der Waals surface area (Å²) in [5.41, 5.74) is 12.2. The molecule has 2 unspecified atom stereocenters. The third-order valence-corrected chi connectivity index (χ3v) is 6.03. The topological polar surface area (TPSA) is 45.4 Å². The molecule has 3 aromatic rings. The molecule has 4 heteroatoms. The van der Waals surface area contributed by atoms with Crippen LogP contribution in [0.3, 0.4) is 0 Å². The van der Waals surface area contributed by atoms with E-state index in [2.05, 4.69) is 83.4 Å². The zero-order valence-corrected chi connectivity index (χ0v) is 17.3. The lowest BCUT2D eigenvalue weighted by atomic mass is 9.84. The second kappa shape index (κ2) is 8.56. The number of hydrazine groups is 1. The standard InChI is InChI=1S/C25H30N4/c1-3-4-16-28(25-14-15-27-17-23(25)26)29-18-22(21-12-8-9-13-24(21)29)19(2)20-10-6-5-7-11-20/h5-15,17,19,22H,3-4,16,18,26H2,1-2H3. The van der Waals surface area contributed by atoms with E-state index in [4.69, 9.17) is 5.73 Å². The summed E-state index contributed by atoms with van der Waals surface area (Å²) in [7, 11) is 0. The van der Waals surface area contributed by atoms with Crippen molar-refractivity contribution < 1.29 is 0 Å². The first-order valence-electron chi connectivity index (χ1n) is 10.6. The maximum Gasteiger partial charge on any atom is 0.0834 e. The van der Waals surface area contributed by atoms with Gasteiger partial charge < -0.3 is 5.73 Å². The van der Waals surface area contributed by atoms with Crippen LogP contribution in [0.1, 0.15) is 49.7 Å².